The summed E-state index contributed by atoms with van der Waals surface area (Å²) in [6.45, 7) is 2.92. The van der Waals surface area contributed by atoms with Gasteiger partial charge < -0.3 is 5.73 Å². The predicted octanol–water partition coefficient (Wildman–Crippen LogP) is 0.911. The van der Waals surface area contributed by atoms with Gasteiger partial charge in [0.2, 0.25) is 0 Å². The fraction of sp³-hybridized carbons (Fsp3) is 0.667. The molecule has 0 bridgehead atoms. The highest BCUT2D eigenvalue weighted by Gasteiger charge is 2.25. The number of hydrogen-bond acceptors (Lipinski definition) is 1. The first kappa shape index (κ1) is 4.85. The van der Waals surface area contributed by atoms with Gasteiger partial charge in [0.05, 0.1) is 0 Å². The van der Waals surface area contributed by atoms with Crippen LogP contribution in [-0.2, 0) is 0 Å². The molecule has 0 aromatic rings. The van der Waals surface area contributed by atoms with E-state index in [1.54, 1.807) is 5.57 Å². The molecule has 0 unspecified atom stereocenters. The average molecular weight is 97.2 g/mol. The first-order valence-corrected chi connectivity index (χ1v) is 2.73. The summed E-state index contributed by atoms with van der Waals surface area (Å²) in [6.07, 6.45) is 3.42. The molecule has 1 aliphatic rings. The highest BCUT2D eigenvalue weighted by molar-refractivity contribution is 5.22. The third-order valence-electron chi connectivity index (χ3n) is 1.50. The summed E-state index contributed by atoms with van der Waals surface area (Å²) in [7, 11) is 0. The molecule has 7 heavy (non-hydrogen) atoms. The van der Waals surface area contributed by atoms with Crippen LogP contribution in [0.25, 0.3) is 0 Å². The average Bonchev–Trinajstić information content (AvgIpc) is 2.43. The Kier molecular flexibility index (Phi) is 1.15. The van der Waals surface area contributed by atoms with Gasteiger partial charge in [-0.1, -0.05) is 11.6 Å². The Balaban J connectivity index is 2.31. The van der Waals surface area contributed by atoms with Gasteiger partial charge >= 0.3 is 0 Å². The summed E-state index contributed by atoms with van der Waals surface area (Å²) >= 11 is 0. The van der Waals surface area contributed by atoms with Crippen molar-refractivity contribution in [3.05, 3.63) is 11.6 Å². The lowest BCUT2D eigenvalue weighted by Crippen LogP contribution is -1.99. The molecular formula is C6H11N. The van der Waals surface area contributed by atoms with Crippen LogP contribution < -0.4 is 5.73 Å². The Morgan fingerprint density at radius 1 is 2.00 bits per heavy atom. The zero-order valence-electron chi connectivity index (χ0n) is 4.65. The van der Waals surface area contributed by atoms with Crippen LogP contribution >= 0.6 is 0 Å². The maximum absolute atomic E-state index is 5.36. The predicted molar refractivity (Wildman–Crippen MR) is 30.9 cm³/mol. The Morgan fingerprint density at radius 2 is 2.71 bits per heavy atom. The molecule has 2 N–H and O–H groups in total. The van der Waals surface area contributed by atoms with E-state index in [1.807, 2.05) is 0 Å². The fourth-order valence-electron chi connectivity index (χ4n) is 0.814. The molecule has 1 nitrogen and oxygen atoms in total. The monoisotopic (exact) mass is 97.1 g/mol. The van der Waals surface area contributed by atoms with Crippen LogP contribution in [-0.4, -0.2) is 6.54 Å². The van der Waals surface area contributed by atoms with Crippen LogP contribution in [0.3, 0.4) is 0 Å². The number of rotatable bonds is 1. The van der Waals surface area contributed by atoms with Crippen molar-refractivity contribution >= 4 is 0 Å². The molecule has 0 radical (unpaired) electrons. The SMILES string of the molecule is C/C=C1/C[C@@H]1CN. The van der Waals surface area contributed by atoms with Crippen LogP contribution in [0.15, 0.2) is 11.6 Å². The standard InChI is InChI=1S/C6H11N/c1-2-5-3-6(5)4-7/h2,6H,3-4,7H2,1H3/b5-2-/t6-/m1/s1. The maximum Gasteiger partial charge on any atom is -0.000840 e. The van der Waals surface area contributed by atoms with Crippen molar-refractivity contribution in [2.75, 3.05) is 6.54 Å². The third-order valence-corrected chi connectivity index (χ3v) is 1.50. The topological polar surface area (TPSA) is 26.0 Å². The molecule has 1 rings (SSSR count). The molecule has 1 atom stereocenters. The molecule has 0 amide bonds. The van der Waals surface area contributed by atoms with E-state index in [0.29, 0.717) is 0 Å². The molecule has 0 aromatic carbocycles. The van der Waals surface area contributed by atoms with E-state index in [2.05, 4.69) is 13.0 Å². The van der Waals surface area contributed by atoms with E-state index < -0.39 is 0 Å². The zero-order chi connectivity index (χ0) is 5.28. The van der Waals surface area contributed by atoms with Crippen LogP contribution in [0.2, 0.25) is 0 Å². The second kappa shape index (κ2) is 1.66. The fourth-order valence-corrected chi connectivity index (χ4v) is 0.814. The highest BCUT2D eigenvalue weighted by Crippen LogP contribution is 2.35. The van der Waals surface area contributed by atoms with E-state index in [1.165, 1.54) is 6.42 Å². The van der Waals surface area contributed by atoms with Gasteiger partial charge in [-0.2, -0.15) is 0 Å². The molecule has 0 heterocycles. The summed E-state index contributed by atoms with van der Waals surface area (Å²) < 4.78 is 0. The minimum atomic E-state index is 0.755. The second-order valence-electron chi connectivity index (χ2n) is 2.00. The van der Waals surface area contributed by atoms with Crippen molar-refractivity contribution in [2.45, 2.75) is 13.3 Å². The van der Waals surface area contributed by atoms with Crippen molar-refractivity contribution in [1.29, 1.82) is 0 Å². The Bertz CT molecular complexity index is 94.4. The van der Waals surface area contributed by atoms with E-state index in [0.717, 1.165) is 12.5 Å². The van der Waals surface area contributed by atoms with Gasteiger partial charge in [0.25, 0.3) is 0 Å². The van der Waals surface area contributed by atoms with E-state index >= 15 is 0 Å². The van der Waals surface area contributed by atoms with Crippen LogP contribution in [0.5, 0.6) is 0 Å². The molecular weight excluding hydrogens is 86.1 g/mol. The summed E-state index contributed by atoms with van der Waals surface area (Å²) in [5, 5.41) is 0. The van der Waals surface area contributed by atoms with Gasteiger partial charge in [-0.25, -0.2) is 0 Å². The van der Waals surface area contributed by atoms with Crippen LogP contribution in [0, 0.1) is 5.92 Å². The van der Waals surface area contributed by atoms with E-state index in [9.17, 15) is 0 Å². The lowest BCUT2D eigenvalue weighted by atomic mass is 10.4. The quantitative estimate of drug-likeness (QED) is 0.483. The molecule has 0 spiro atoms. The van der Waals surface area contributed by atoms with Gasteiger partial charge in [-0.3, -0.25) is 0 Å². The first-order valence-electron chi connectivity index (χ1n) is 2.73. The van der Waals surface area contributed by atoms with Gasteiger partial charge in [-0.05, 0) is 25.8 Å². The first-order chi connectivity index (χ1) is 3.38. The Hall–Kier alpha value is -0.300. The minimum absolute atomic E-state index is 0.755. The Morgan fingerprint density at radius 3 is 2.86 bits per heavy atom. The zero-order valence-corrected chi connectivity index (χ0v) is 4.65. The number of hydrogen-bond donors (Lipinski definition) is 1. The molecule has 1 fully saturated rings. The maximum atomic E-state index is 5.36. The van der Waals surface area contributed by atoms with Crippen LogP contribution in [0.1, 0.15) is 13.3 Å². The summed E-state index contributed by atoms with van der Waals surface area (Å²) in [6, 6.07) is 0. The Labute approximate surface area is 44.2 Å². The molecule has 0 saturated heterocycles. The molecule has 0 aliphatic heterocycles. The van der Waals surface area contributed by atoms with Gasteiger partial charge in [-0.15, -0.1) is 0 Å². The van der Waals surface area contributed by atoms with Crippen molar-refractivity contribution in [3.63, 3.8) is 0 Å². The summed E-state index contributed by atoms with van der Waals surface area (Å²) in [4.78, 5) is 0. The van der Waals surface area contributed by atoms with E-state index in [-0.39, 0.29) is 0 Å². The van der Waals surface area contributed by atoms with Crippen molar-refractivity contribution in [2.24, 2.45) is 11.7 Å². The van der Waals surface area contributed by atoms with E-state index in [4.69, 9.17) is 5.73 Å². The molecule has 0 aromatic heterocycles. The van der Waals surface area contributed by atoms with Crippen molar-refractivity contribution in [1.82, 2.24) is 0 Å². The van der Waals surface area contributed by atoms with Gasteiger partial charge in [0.15, 0.2) is 0 Å². The summed E-state index contributed by atoms with van der Waals surface area (Å²) in [5.74, 6) is 0.755. The normalized spacial score (nSPS) is 34.0. The molecule has 1 heteroatoms. The smallest absolute Gasteiger partial charge is 0.000840 e. The van der Waals surface area contributed by atoms with Crippen LogP contribution in [0.4, 0.5) is 0 Å². The largest absolute Gasteiger partial charge is 0.330 e. The van der Waals surface area contributed by atoms with Gasteiger partial charge in [0.1, 0.15) is 0 Å². The van der Waals surface area contributed by atoms with Crippen molar-refractivity contribution in [3.8, 4) is 0 Å². The minimum Gasteiger partial charge on any atom is -0.330 e. The number of allylic oxidation sites excluding steroid dienone is 1. The molecule has 1 aliphatic carbocycles. The lowest BCUT2D eigenvalue weighted by molar-refractivity contribution is 0.874. The number of nitrogens with two attached hydrogens (primary N) is 1. The second-order valence-corrected chi connectivity index (χ2v) is 2.00. The third kappa shape index (κ3) is 0.829. The lowest BCUT2D eigenvalue weighted by Gasteiger charge is -1.77. The molecule has 1 saturated carbocycles. The van der Waals surface area contributed by atoms with Gasteiger partial charge in [0, 0.05) is 0 Å². The highest BCUT2D eigenvalue weighted by atomic mass is 14.6. The molecule has 40 valence electrons. The van der Waals surface area contributed by atoms with Crippen molar-refractivity contribution < 1.29 is 0 Å². The summed E-state index contributed by atoms with van der Waals surface area (Å²) in [5.41, 5.74) is 6.90.